The smallest absolute Gasteiger partial charge is 0.152 e. The highest BCUT2D eigenvalue weighted by molar-refractivity contribution is 6.31. The molecule has 1 saturated carbocycles. The van der Waals surface area contributed by atoms with Crippen LogP contribution < -0.4 is 5.73 Å². The third kappa shape index (κ3) is 1.52. The Morgan fingerprint density at radius 3 is 2.27 bits per heavy atom. The molecule has 1 aliphatic carbocycles. The minimum Gasteiger partial charge on any atom is -0.321 e. The van der Waals surface area contributed by atoms with Gasteiger partial charge in [-0.1, -0.05) is 11.6 Å². The van der Waals surface area contributed by atoms with Crippen molar-refractivity contribution in [2.45, 2.75) is 24.8 Å². The molecule has 15 heavy (non-hydrogen) atoms. The molecule has 0 unspecified atom stereocenters. The summed E-state index contributed by atoms with van der Waals surface area (Å²) in [4.78, 5) is 0. The van der Waals surface area contributed by atoms with Gasteiger partial charge in [-0.3, -0.25) is 0 Å². The predicted molar refractivity (Wildman–Crippen MR) is 51.0 cm³/mol. The molecule has 1 aromatic rings. The van der Waals surface area contributed by atoms with Crippen molar-refractivity contribution in [3.05, 3.63) is 34.1 Å². The lowest BCUT2D eigenvalue weighted by molar-refractivity contribution is 0.235. The molecule has 1 nitrogen and oxygen atoms in total. The van der Waals surface area contributed by atoms with Crippen molar-refractivity contribution >= 4 is 11.6 Å². The Kier molecular flexibility index (Phi) is 2.43. The minimum atomic E-state index is -1.10. The third-order valence-corrected chi connectivity index (χ3v) is 3.20. The Morgan fingerprint density at radius 2 is 1.80 bits per heavy atom. The third-order valence-electron chi connectivity index (χ3n) is 2.86. The highest BCUT2D eigenvalue weighted by atomic mass is 35.5. The van der Waals surface area contributed by atoms with Crippen LogP contribution >= 0.6 is 11.6 Å². The maximum Gasteiger partial charge on any atom is 0.152 e. The molecule has 0 atom stereocenters. The lowest BCUT2D eigenvalue weighted by Gasteiger charge is -2.38. The van der Waals surface area contributed by atoms with Gasteiger partial charge in [0.25, 0.3) is 0 Å². The van der Waals surface area contributed by atoms with Gasteiger partial charge in [0.15, 0.2) is 5.82 Å². The Balaban J connectivity index is 2.61. The molecular formula is C10H9ClF3N. The number of hydrogen-bond donors (Lipinski definition) is 1. The zero-order valence-corrected chi connectivity index (χ0v) is 8.54. The largest absolute Gasteiger partial charge is 0.321 e. The van der Waals surface area contributed by atoms with E-state index in [-0.39, 0.29) is 5.56 Å². The van der Waals surface area contributed by atoms with Crippen LogP contribution in [0.1, 0.15) is 24.8 Å². The summed E-state index contributed by atoms with van der Waals surface area (Å²) in [6, 6.07) is 0.577. The molecule has 0 heterocycles. The fraction of sp³-hybridized carbons (Fsp3) is 0.400. The maximum atomic E-state index is 13.5. The van der Waals surface area contributed by atoms with E-state index in [2.05, 4.69) is 0 Å². The van der Waals surface area contributed by atoms with E-state index in [9.17, 15) is 13.2 Å². The quantitative estimate of drug-likeness (QED) is 0.588. The molecule has 0 bridgehead atoms. The van der Waals surface area contributed by atoms with E-state index in [4.69, 9.17) is 17.3 Å². The van der Waals surface area contributed by atoms with Crippen LogP contribution in [0, 0.1) is 17.5 Å². The number of rotatable bonds is 1. The van der Waals surface area contributed by atoms with Crippen molar-refractivity contribution < 1.29 is 13.2 Å². The van der Waals surface area contributed by atoms with E-state index in [1.54, 1.807) is 0 Å². The summed E-state index contributed by atoms with van der Waals surface area (Å²) in [5.41, 5.74) is 4.47. The van der Waals surface area contributed by atoms with Crippen molar-refractivity contribution in [1.29, 1.82) is 0 Å². The zero-order chi connectivity index (χ0) is 11.2. The first kappa shape index (κ1) is 10.8. The first-order valence-electron chi connectivity index (χ1n) is 4.58. The summed E-state index contributed by atoms with van der Waals surface area (Å²) < 4.78 is 39.8. The average molecular weight is 236 g/mol. The number of benzene rings is 1. The predicted octanol–water partition coefficient (Wildman–Crippen LogP) is 3.10. The second kappa shape index (κ2) is 3.39. The summed E-state index contributed by atoms with van der Waals surface area (Å²) in [5, 5.41) is -0.692. The summed E-state index contributed by atoms with van der Waals surface area (Å²) in [7, 11) is 0. The topological polar surface area (TPSA) is 26.0 Å². The lowest BCUT2D eigenvalue weighted by Crippen LogP contribution is -2.45. The summed E-state index contributed by atoms with van der Waals surface area (Å²) in [5.74, 6) is -3.13. The molecule has 0 amide bonds. The molecular weight excluding hydrogens is 227 g/mol. The van der Waals surface area contributed by atoms with Crippen LogP contribution in [0.4, 0.5) is 13.2 Å². The fourth-order valence-corrected chi connectivity index (χ4v) is 1.98. The van der Waals surface area contributed by atoms with Crippen LogP contribution in [-0.4, -0.2) is 0 Å². The number of halogens is 4. The average Bonchev–Trinajstić information content (AvgIpc) is 2.11. The van der Waals surface area contributed by atoms with Gasteiger partial charge in [0.05, 0.1) is 0 Å². The molecule has 0 saturated heterocycles. The Morgan fingerprint density at radius 1 is 1.20 bits per heavy atom. The minimum absolute atomic E-state index is 0.292. The zero-order valence-electron chi connectivity index (χ0n) is 7.79. The van der Waals surface area contributed by atoms with Crippen LogP contribution in [0.5, 0.6) is 0 Å². The highest BCUT2D eigenvalue weighted by Crippen LogP contribution is 2.42. The Labute approximate surface area is 90.0 Å². The van der Waals surface area contributed by atoms with Crippen LogP contribution in [0.2, 0.25) is 5.02 Å². The summed E-state index contributed by atoms with van der Waals surface area (Å²) >= 11 is 5.37. The second-order valence-electron chi connectivity index (χ2n) is 3.85. The molecule has 0 aliphatic heterocycles. The normalized spacial score (nSPS) is 18.7. The number of nitrogens with two attached hydrogens (primary N) is 1. The summed E-state index contributed by atoms with van der Waals surface area (Å²) in [6.45, 7) is 0. The molecule has 5 heteroatoms. The molecule has 0 radical (unpaired) electrons. The van der Waals surface area contributed by atoms with E-state index >= 15 is 0 Å². The van der Waals surface area contributed by atoms with E-state index in [1.807, 2.05) is 0 Å². The van der Waals surface area contributed by atoms with Gasteiger partial charge < -0.3 is 5.73 Å². The van der Waals surface area contributed by atoms with Crippen molar-refractivity contribution in [3.63, 3.8) is 0 Å². The summed E-state index contributed by atoms with van der Waals surface area (Å²) in [6.07, 6.45) is 1.79. The van der Waals surface area contributed by atoms with Gasteiger partial charge >= 0.3 is 0 Å². The van der Waals surface area contributed by atoms with Gasteiger partial charge in [0, 0.05) is 17.2 Å². The second-order valence-corrected chi connectivity index (χ2v) is 4.23. The van der Waals surface area contributed by atoms with Crippen molar-refractivity contribution in [2.24, 2.45) is 5.73 Å². The molecule has 2 rings (SSSR count). The van der Waals surface area contributed by atoms with E-state index in [0.29, 0.717) is 18.9 Å². The molecule has 0 aromatic heterocycles. The Bertz CT molecular complexity index is 416. The molecule has 2 N–H and O–H groups in total. The highest BCUT2D eigenvalue weighted by Gasteiger charge is 2.40. The molecule has 82 valence electrons. The van der Waals surface area contributed by atoms with E-state index < -0.39 is 28.0 Å². The first-order chi connectivity index (χ1) is 6.96. The van der Waals surface area contributed by atoms with Crippen molar-refractivity contribution in [2.75, 3.05) is 0 Å². The van der Waals surface area contributed by atoms with Crippen LogP contribution in [0.15, 0.2) is 6.07 Å². The van der Waals surface area contributed by atoms with E-state index in [1.165, 1.54) is 0 Å². The van der Waals surface area contributed by atoms with Gasteiger partial charge in [-0.05, 0) is 19.3 Å². The Hall–Kier alpha value is -0.740. The number of hydrogen-bond acceptors (Lipinski definition) is 1. The van der Waals surface area contributed by atoms with Gasteiger partial charge in [0.1, 0.15) is 16.7 Å². The van der Waals surface area contributed by atoms with E-state index in [0.717, 1.165) is 6.42 Å². The monoisotopic (exact) mass is 235 g/mol. The van der Waals surface area contributed by atoms with Crippen molar-refractivity contribution in [3.8, 4) is 0 Å². The first-order valence-corrected chi connectivity index (χ1v) is 4.96. The molecule has 1 aliphatic rings. The maximum absolute atomic E-state index is 13.5. The van der Waals surface area contributed by atoms with Crippen LogP contribution in [0.25, 0.3) is 0 Å². The fourth-order valence-electron chi connectivity index (χ4n) is 1.83. The van der Waals surface area contributed by atoms with Crippen molar-refractivity contribution in [1.82, 2.24) is 0 Å². The molecule has 1 aromatic carbocycles. The van der Waals surface area contributed by atoms with Gasteiger partial charge in [-0.15, -0.1) is 0 Å². The molecule has 1 fully saturated rings. The lowest BCUT2D eigenvalue weighted by atomic mass is 9.72. The van der Waals surface area contributed by atoms with Gasteiger partial charge in [0.2, 0.25) is 0 Å². The SMILES string of the molecule is NC1(c2c(F)cc(F)c(Cl)c2F)CCC1. The van der Waals surface area contributed by atoms with Crippen LogP contribution in [-0.2, 0) is 5.54 Å². The standard InChI is InChI=1S/C10H9ClF3N/c11-8-6(13)4-5(12)7(9(8)14)10(15)2-1-3-10/h4H,1-3,15H2. The van der Waals surface area contributed by atoms with Gasteiger partial charge in [-0.2, -0.15) is 0 Å². The molecule has 0 spiro atoms. The van der Waals surface area contributed by atoms with Crippen LogP contribution in [0.3, 0.4) is 0 Å². The van der Waals surface area contributed by atoms with Gasteiger partial charge in [-0.25, -0.2) is 13.2 Å².